The highest BCUT2D eigenvalue weighted by atomic mass is 32.1. The minimum absolute atomic E-state index is 0.0352. The molecule has 2 rings (SSSR count). The van der Waals surface area contributed by atoms with Gasteiger partial charge >= 0.3 is 6.09 Å². The molecule has 0 radical (unpaired) electrons. The van der Waals surface area contributed by atoms with Gasteiger partial charge in [-0.25, -0.2) is 4.79 Å². The number of terminal acetylenes is 1. The second-order valence-corrected chi connectivity index (χ2v) is 6.38. The third-order valence-corrected chi connectivity index (χ3v) is 2.86. The van der Waals surface area contributed by atoms with E-state index >= 15 is 0 Å². The molecular weight excluding hydrogens is 354 g/mol. The van der Waals surface area contributed by atoms with Gasteiger partial charge in [0.2, 0.25) is 5.91 Å². The molecule has 8 heteroatoms. The number of anilines is 1. The van der Waals surface area contributed by atoms with Crippen LogP contribution < -0.4 is 16.0 Å². The highest BCUT2D eigenvalue weighted by molar-refractivity contribution is 7.80. The van der Waals surface area contributed by atoms with Gasteiger partial charge in [0.1, 0.15) is 5.60 Å². The second-order valence-electron chi connectivity index (χ2n) is 5.93. The predicted molar refractivity (Wildman–Crippen MR) is 105 cm³/mol. The largest absolute Gasteiger partial charge is 0.444 e. The zero-order chi connectivity index (χ0) is 20.2. The first kappa shape index (κ1) is 23.3. The molecule has 0 unspecified atom stereocenters. The molecule has 1 aliphatic rings. The molecule has 142 valence electrons. The number of thiol groups is 1. The third-order valence-electron chi connectivity index (χ3n) is 2.64. The Balaban J connectivity index is 0.000000446. The zero-order valence-corrected chi connectivity index (χ0v) is 16.1. The molecule has 1 aliphatic heterocycles. The van der Waals surface area contributed by atoms with Crippen molar-refractivity contribution in [2.45, 2.75) is 26.4 Å². The van der Waals surface area contributed by atoms with Crippen molar-refractivity contribution in [2.75, 3.05) is 24.2 Å². The van der Waals surface area contributed by atoms with Gasteiger partial charge in [-0.05, 0) is 32.9 Å². The maximum absolute atomic E-state index is 11.3. The third kappa shape index (κ3) is 9.59. The Morgan fingerprint density at radius 1 is 1.27 bits per heavy atom. The van der Waals surface area contributed by atoms with Gasteiger partial charge in [-0.2, -0.15) is 12.6 Å². The van der Waals surface area contributed by atoms with E-state index in [1.807, 2.05) is 20.8 Å². The van der Waals surface area contributed by atoms with Crippen molar-refractivity contribution < 1.29 is 19.1 Å². The van der Waals surface area contributed by atoms with E-state index in [0.29, 0.717) is 23.5 Å². The highest BCUT2D eigenvalue weighted by Crippen LogP contribution is 2.16. The fourth-order valence-electron chi connectivity index (χ4n) is 1.71. The molecule has 0 fully saturated rings. The van der Waals surface area contributed by atoms with Crippen LogP contribution in [-0.2, 0) is 9.53 Å². The molecule has 1 aromatic rings. The van der Waals surface area contributed by atoms with E-state index in [0.717, 1.165) is 0 Å². The van der Waals surface area contributed by atoms with E-state index in [1.165, 1.54) is 0 Å². The molecule has 0 atom stereocenters. The van der Waals surface area contributed by atoms with Gasteiger partial charge in [0.25, 0.3) is 5.91 Å². The molecule has 0 aromatic heterocycles. The van der Waals surface area contributed by atoms with Crippen LogP contribution >= 0.6 is 12.6 Å². The highest BCUT2D eigenvalue weighted by Gasteiger charge is 2.17. The van der Waals surface area contributed by atoms with Crippen LogP contribution in [0.2, 0.25) is 0 Å². The van der Waals surface area contributed by atoms with Crippen molar-refractivity contribution in [3.05, 3.63) is 29.8 Å². The summed E-state index contributed by atoms with van der Waals surface area (Å²) in [5.74, 6) is 0.214. The lowest BCUT2D eigenvalue weighted by Crippen LogP contribution is -2.33. The van der Waals surface area contributed by atoms with Gasteiger partial charge in [-0.3, -0.25) is 9.59 Å². The summed E-state index contributed by atoms with van der Waals surface area (Å²) >= 11 is 3.94. The zero-order valence-electron chi connectivity index (χ0n) is 15.2. The van der Waals surface area contributed by atoms with E-state index in [4.69, 9.17) is 4.74 Å². The summed E-state index contributed by atoms with van der Waals surface area (Å²) in [6.07, 6.45) is 7.62. The number of amides is 3. The summed E-state index contributed by atoms with van der Waals surface area (Å²) in [5.41, 5.74) is 0.664. The Hall–Kier alpha value is -2.66. The number of benzene rings is 1. The monoisotopic (exact) mass is 379 g/mol. The number of alkyl carbamates (subject to hydrolysis) is 1. The second kappa shape index (κ2) is 11.8. The molecule has 3 N–H and O–H groups in total. The Kier molecular flexibility index (Phi) is 10.6. The van der Waals surface area contributed by atoms with Gasteiger partial charge in [0, 0.05) is 12.3 Å². The topological polar surface area (TPSA) is 96.5 Å². The Morgan fingerprint density at radius 2 is 1.88 bits per heavy atom. The first-order valence-corrected chi connectivity index (χ1v) is 8.44. The lowest BCUT2D eigenvalue weighted by Gasteiger charge is -2.19. The number of nitrogens with one attached hydrogen (secondary N) is 3. The SMILES string of the molecule is C#C.CC(C)(C)OC(=O)NCCS.O=C1CNC(=O)c2ccccc2N1. The summed E-state index contributed by atoms with van der Waals surface area (Å²) in [7, 11) is 0. The quantitative estimate of drug-likeness (QED) is 0.467. The van der Waals surface area contributed by atoms with Gasteiger partial charge in [-0.15, -0.1) is 12.8 Å². The fourth-order valence-corrected chi connectivity index (χ4v) is 1.82. The summed E-state index contributed by atoms with van der Waals surface area (Å²) < 4.78 is 4.96. The van der Waals surface area contributed by atoms with Gasteiger partial charge in [0.15, 0.2) is 0 Å². The number of hydrogen-bond acceptors (Lipinski definition) is 5. The smallest absolute Gasteiger partial charge is 0.407 e. The predicted octanol–water partition coefficient (Wildman–Crippen LogP) is 2.06. The lowest BCUT2D eigenvalue weighted by molar-refractivity contribution is -0.115. The number of carbonyl (C=O) groups is 3. The molecule has 7 nitrogen and oxygen atoms in total. The molecule has 26 heavy (non-hydrogen) atoms. The van der Waals surface area contributed by atoms with Crippen LogP contribution in [0.3, 0.4) is 0 Å². The van der Waals surface area contributed by atoms with E-state index < -0.39 is 5.60 Å². The molecule has 3 amide bonds. The molecule has 0 saturated heterocycles. The minimum atomic E-state index is -0.416. The lowest BCUT2D eigenvalue weighted by atomic mass is 10.2. The molecule has 0 saturated carbocycles. The number of para-hydroxylation sites is 1. The number of carbonyl (C=O) groups excluding carboxylic acids is 3. The van der Waals surface area contributed by atoms with Crippen molar-refractivity contribution in [1.82, 2.24) is 10.6 Å². The van der Waals surface area contributed by atoms with Crippen molar-refractivity contribution in [3.63, 3.8) is 0 Å². The summed E-state index contributed by atoms with van der Waals surface area (Å²) in [5, 5.41) is 7.68. The van der Waals surface area contributed by atoms with Crippen LogP contribution in [0.25, 0.3) is 0 Å². The molecule has 1 heterocycles. The number of fused-ring (bicyclic) bond motifs is 1. The molecule has 0 aliphatic carbocycles. The number of rotatable bonds is 2. The van der Waals surface area contributed by atoms with Gasteiger partial charge < -0.3 is 20.7 Å². The summed E-state index contributed by atoms with van der Waals surface area (Å²) in [4.78, 5) is 33.3. The fraction of sp³-hybridized carbons (Fsp3) is 0.389. The molecular formula is C18H25N3O4S. The van der Waals surface area contributed by atoms with Crippen molar-refractivity contribution >= 4 is 36.2 Å². The van der Waals surface area contributed by atoms with E-state index in [1.54, 1.807) is 24.3 Å². The summed E-state index contributed by atoms with van der Waals surface area (Å²) in [6, 6.07) is 6.92. The van der Waals surface area contributed by atoms with Crippen LogP contribution in [0.1, 0.15) is 31.1 Å². The Labute approximate surface area is 159 Å². The average Bonchev–Trinajstić information content (AvgIpc) is 2.73. The Morgan fingerprint density at radius 3 is 2.46 bits per heavy atom. The van der Waals surface area contributed by atoms with Gasteiger partial charge in [-0.1, -0.05) is 12.1 Å². The minimum Gasteiger partial charge on any atom is -0.444 e. The van der Waals surface area contributed by atoms with Crippen molar-refractivity contribution in [3.8, 4) is 12.8 Å². The first-order valence-electron chi connectivity index (χ1n) is 7.81. The normalized spacial score (nSPS) is 12.4. The van der Waals surface area contributed by atoms with Crippen LogP contribution in [0.4, 0.5) is 10.5 Å². The maximum Gasteiger partial charge on any atom is 0.407 e. The Bertz CT molecular complexity index is 639. The van der Waals surface area contributed by atoms with Crippen molar-refractivity contribution in [2.24, 2.45) is 0 Å². The number of hydrogen-bond donors (Lipinski definition) is 4. The maximum atomic E-state index is 11.3. The van der Waals surface area contributed by atoms with E-state index in [-0.39, 0.29) is 24.5 Å². The van der Waals surface area contributed by atoms with E-state index in [2.05, 4.69) is 41.4 Å². The molecule has 0 spiro atoms. The van der Waals surface area contributed by atoms with Gasteiger partial charge in [0.05, 0.1) is 17.8 Å². The standard InChI is InChI=1S/C9H8N2O2.C7H15NO2S.C2H2/c12-8-5-10-9(13)6-3-1-2-4-7(6)11-8;1-7(2,3)10-6(9)8-4-5-11;1-2/h1-4H,5H2,(H,10,13)(H,11,12);11H,4-5H2,1-3H3,(H,8,9);1-2H. The average molecular weight is 379 g/mol. The molecule has 1 aromatic carbocycles. The van der Waals surface area contributed by atoms with Crippen LogP contribution in [-0.4, -0.2) is 42.4 Å². The molecule has 0 bridgehead atoms. The van der Waals surface area contributed by atoms with Crippen LogP contribution in [0, 0.1) is 12.8 Å². The first-order chi connectivity index (χ1) is 12.2. The van der Waals surface area contributed by atoms with Crippen LogP contribution in [0.5, 0.6) is 0 Å². The van der Waals surface area contributed by atoms with E-state index in [9.17, 15) is 14.4 Å². The van der Waals surface area contributed by atoms with Crippen molar-refractivity contribution in [1.29, 1.82) is 0 Å². The van der Waals surface area contributed by atoms with Crippen LogP contribution in [0.15, 0.2) is 24.3 Å². The summed E-state index contributed by atoms with van der Waals surface area (Å²) in [6.45, 7) is 6.05. The number of ether oxygens (including phenoxy) is 1.